The van der Waals surface area contributed by atoms with Crippen molar-refractivity contribution in [3.63, 3.8) is 0 Å². The lowest BCUT2D eigenvalue weighted by Gasteiger charge is -2.13. The van der Waals surface area contributed by atoms with Gasteiger partial charge in [-0.25, -0.2) is 0 Å². The molecule has 102 valence electrons. The first-order valence-electron chi connectivity index (χ1n) is 6.89. The summed E-state index contributed by atoms with van der Waals surface area (Å²) in [5, 5.41) is 3.49. The van der Waals surface area contributed by atoms with Crippen molar-refractivity contribution in [2.45, 2.75) is 38.8 Å². The van der Waals surface area contributed by atoms with Crippen LogP contribution in [-0.2, 0) is 6.54 Å². The molecule has 0 aliphatic heterocycles. The summed E-state index contributed by atoms with van der Waals surface area (Å²) in [4.78, 5) is 0. The SMILES string of the molecule is C#CCCOc1ccc(CNC2CC2)cc1OCC. The van der Waals surface area contributed by atoms with Crippen molar-refractivity contribution in [1.82, 2.24) is 5.32 Å². The number of hydrogen-bond donors (Lipinski definition) is 1. The molecule has 3 heteroatoms. The Hall–Kier alpha value is -1.66. The molecule has 0 amide bonds. The summed E-state index contributed by atoms with van der Waals surface area (Å²) in [6.07, 6.45) is 8.42. The highest BCUT2D eigenvalue weighted by Gasteiger charge is 2.20. The molecule has 0 radical (unpaired) electrons. The van der Waals surface area contributed by atoms with Crippen LogP contribution in [0, 0.1) is 12.3 Å². The standard InChI is InChI=1S/C16H21NO2/c1-3-5-10-19-15-9-6-13(11-16(15)18-4-2)12-17-14-7-8-14/h1,6,9,11,14,17H,4-5,7-8,10,12H2,2H3. The summed E-state index contributed by atoms with van der Waals surface area (Å²) in [5.41, 5.74) is 1.22. The molecule has 19 heavy (non-hydrogen) atoms. The van der Waals surface area contributed by atoms with E-state index in [-0.39, 0.29) is 0 Å². The molecule has 1 N–H and O–H groups in total. The first-order chi connectivity index (χ1) is 9.33. The molecule has 0 unspecified atom stereocenters. The molecule has 0 saturated heterocycles. The maximum absolute atomic E-state index is 5.64. The number of terminal acetylenes is 1. The van der Waals surface area contributed by atoms with Crippen molar-refractivity contribution in [2.24, 2.45) is 0 Å². The molecule has 1 aromatic carbocycles. The molecule has 0 heterocycles. The van der Waals surface area contributed by atoms with Gasteiger partial charge in [0.25, 0.3) is 0 Å². The zero-order valence-corrected chi connectivity index (χ0v) is 11.4. The van der Waals surface area contributed by atoms with E-state index in [0.717, 1.165) is 18.0 Å². The average Bonchev–Trinajstić information content (AvgIpc) is 3.23. The molecule has 1 aromatic rings. The lowest BCUT2D eigenvalue weighted by molar-refractivity contribution is 0.281. The van der Waals surface area contributed by atoms with Crippen LogP contribution in [0.3, 0.4) is 0 Å². The van der Waals surface area contributed by atoms with Gasteiger partial charge in [0, 0.05) is 19.0 Å². The maximum atomic E-state index is 5.64. The Morgan fingerprint density at radius 2 is 2.16 bits per heavy atom. The molecule has 1 aliphatic rings. The zero-order chi connectivity index (χ0) is 13.5. The van der Waals surface area contributed by atoms with Crippen LogP contribution in [0.1, 0.15) is 31.7 Å². The van der Waals surface area contributed by atoms with Crippen LogP contribution in [0.4, 0.5) is 0 Å². The van der Waals surface area contributed by atoms with Gasteiger partial charge < -0.3 is 14.8 Å². The molecule has 0 spiro atoms. The molecule has 1 fully saturated rings. The Morgan fingerprint density at radius 3 is 2.84 bits per heavy atom. The molecule has 0 aromatic heterocycles. The Bertz CT molecular complexity index is 447. The predicted octanol–water partition coefficient (Wildman–Crippen LogP) is 2.74. The molecule has 3 nitrogen and oxygen atoms in total. The molecule has 1 saturated carbocycles. The van der Waals surface area contributed by atoms with E-state index in [4.69, 9.17) is 15.9 Å². The van der Waals surface area contributed by atoms with Gasteiger partial charge in [-0.2, -0.15) is 0 Å². The van der Waals surface area contributed by atoms with Gasteiger partial charge in [-0.15, -0.1) is 12.3 Å². The van der Waals surface area contributed by atoms with Gasteiger partial charge in [0.2, 0.25) is 0 Å². The summed E-state index contributed by atoms with van der Waals surface area (Å²) in [6, 6.07) is 6.79. The largest absolute Gasteiger partial charge is 0.490 e. The van der Waals surface area contributed by atoms with Crippen molar-refractivity contribution >= 4 is 0 Å². The van der Waals surface area contributed by atoms with Crippen molar-refractivity contribution < 1.29 is 9.47 Å². The fourth-order valence-corrected chi connectivity index (χ4v) is 1.82. The summed E-state index contributed by atoms with van der Waals surface area (Å²) < 4.78 is 11.3. The van der Waals surface area contributed by atoms with Gasteiger partial charge in [-0.3, -0.25) is 0 Å². The van der Waals surface area contributed by atoms with Crippen LogP contribution in [0.15, 0.2) is 18.2 Å². The molecular weight excluding hydrogens is 238 g/mol. The Balaban J connectivity index is 1.98. The van der Waals surface area contributed by atoms with E-state index < -0.39 is 0 Å². The van der Waals surface area contributed by atoms with E-state index in [1.54, 1.807) is 0 Å². The minimum absolute atomic E-state index is 0.524. The summed E-state index contributed by atoms with van der Waals surface area (Å²) in [5.74, 6) is 4.14. The van der Waals surface area contributed by atoms with Crippen LogP contribution in [0.25, 0.3) is 0 Å². The molecular formula is C16H21NO2. The van der Waals surface area contributed by atoms with Crippen LogP contribution in [-0.4, -0.2) is 19.3 Å². The average molecular weight is 259 g/mol. The van der Waals surface area contributed by atoms with Crippen LogP contribution in [0.2, 0.25) is 0 Å². The number of nitrogens with one attached hydrogen (secondary N) is 1. The third-order valence-electron chi connectivity index (χ3n) is 2.98. The zero-order valence-electron chi connectivity index (χ0n) is 11.4. The second-order valence-corrected chi connectivity index (χ2v) is 4.67. The number of benzene rings is 1. The van der Waals surface area contributed by atoms with Crippen molar-refractivity contribution in [3.05, 3.63) is 23.8 Å². The second kappa shape index (κ2) is 7.06. The normalized spacial score (nSPS) is 13.9. The van der Waals surface area contributed by atoms with Gasteiger partial charge in [-0.1, -0.05) is 6.07 Å². The molecule has 0 atom stereocenters. The number of ether oxygens (including phenoxy) is 2. The van der Waals surface area contributed by atoms with Crippen LogP contribution in [0.5, 0.6) is 11.5 Å². The number of hydrogen-bond acceptors (Lipinski definition) is 3. The van der Waals surface area contributed by atoms with E-state index in [1.807, 2.05) is 19.1 Å². The van der Waals surface area contributed by atoms with Crippen molar-refractivity contribution in [3.8, 4) is 23.8 Å². The Labute approximate surface area is 115 Å². The van der Waals surface area contributed by atoms with E-state index in [2.05, 4.69) is 17.3 Å². The van der Waals surface area contributed by atoms with Gasteiger partial charge >= 0.3 is 0 Å². The van der Waals surface area contributed by atoms with E-state index >= 15 is 0 Å². The lowest BCUT2D eigenvalue weighted by Crippen LogP contribution is -2.15. The third-order valence-corrected chi connectivity index (χ3v) is 2.98. The molecule has 1 aliphatic carbocycles. The van der Waals surface area contributed by atoms with Gasteiger partial charge in [-0.05, 0) is 37.5 Å². The fourth-order valence-electron chi connectivity index (χ4n) is 1.82. The van der Waals surface area contributed by atoms with Crippen LogP contribution >= 0.6 is 0 Å². The number of rotatable bonds is 8. The quantitative estimate of drug-likeness (QED) is 0.575. The van der Waals surface area contributed by atoms with Gasteiger partial charge in [0.05, 0.1) is 13.2 Å². The third kappa shape index (κ3) is 4.50. The van der Waals surface area contributed by atoms with E-state index in [1.165, 1.54) is 18.4 Å². The molecule has 2 rings (SSSR count). The van der Waals surface area contributed by atoms with Crippen molar-refractivity contribution in [2.75, 3.05) is 13.2 Å². The fraction of sp³-hybridized carbons (Fsp3) is 0.500. The minimum atomic E-state index is 0.524. The Kier molecular flexibility index (Phi) is 5.11. The molecule has 0 bridgehead atoms. The maximum Gasteiger partial charge on any atom is 0.161 e. The van der Waals surface area contributed by atoms with Gasteiger partial charge in [0.15, 0.2) is 11.5 Å². The summed E-state index contributed by atoms with van der Waals surface area (Å²) in [7, 11) is 0. The highest BCUT2D eigenvalue weighted by Crippen LogP contribution is 2.29. The monoisotopic (exact) mass is 259 g/mol. The minimum Gasteiger partial charge on any atom is -0.490 e. The van der Waals surface area contributed by atoms with Gasteiger partial charge in [0.1, 0.15) is 0 Å². The highest BCUT2D eigenvalue weighted by atomic mass is 16.5. The topological polar surface area (TPSA) is 30.5 Å². The highest BCUT2D eigenvalue weighted by molar-refractivity contribution is 5.43. The van der Waals surface area contributed by atoms with E-state index in [0.29, 0.717) is 25.7 Å². The first kappa shape index (κ1) is 13.8. The van der Waals surface area contributed by atoms with Crippen molar-refractivity contribution in [1.29, 1.82) is 0 Å². The lowest BCUT2D eigenvalue weighted by atomic mass is 10.2. The summed E-state index contributed by atoms with van der Waals surface area (Å²) in [6.45, 7) is 4.01. The second-order valence-electron chi connectivity index (χ2n) is 4.67. The summed E-state index contributed by atoms with van der Waals surface area (Å²) >= 11 is 0. The first-order valence-corrected chi connectivity index (χ1v) is 6.89. The predicted molar refractivity (Wildman–Crippen MR) is 76.4 cm³/mol. The van der Waals surface area contributed by atoms with Crippen LogP contribution < -0.4 is 14.8 Å². The Morgan fingerprint density at radius 1 is 1.32 bits per heavy atom. The smallest absolute Gasteiger partial charge is 0.161 e. The van der Waals surface area contributed by atoms with E-state index in [9.17, 15) is 0 Å².